The van der Waals surface area contributed by atoms with Crippen molar-refractivity contribution in [2.45, 2.75) is 59.7 Å². The summed E-state index contributed by atoms with van der Waals surface area (Å²) in [5.74, 6) is 3.29. The van der Waals surface area contributed by atoms with E-state index in [0.717, 1.165) is 36.2 Å². The molecule has 0 unspecified atom stereocenters. The Kier molecular flexibility index (Phi) is 6.92. The fourth-order valence-electron chi connectivity index (χ4n) is 3.00. The number of guanidine groups is 1. The summed E-state index contributed by atoms with van der Waals surface area (Å²) in [7, 11) is 0. The van der Waals surface area contributed by atoms with Gasteiger partial charge in [0.15, 0.2) is 5.96 Å². The summed E-state index contributed by atoms with van der Waals surface area (Å²) in [6.07, 6.45) is 5.63. The largest absolute Gasteiger partial charge is 0.443 e. The number of aryl methyl sites for hydroxylation is 1. The molecule has 0 fully saturated rings. The maximum Gasteiger partial charge on any atom is 0.213 e. The summed E-state index contributed by atoms with van der Waals surface area (Å²) >= 11 is 0. The van der Waals surface area contributed by atoms with Crippen LogP contribution in [0.15, 0.2) is 52.3 Å². The maximum atomic E-state index is 5.85. The van der Waals surface area contributed by atoms with E-state index in [-0.39, 0.29) is 5.41 Å². The Morgan fingerprint density at radius 3 is 2.63 bits per heavy atom. The number of aliphatic imine (C=N–C) groups is 1. The van der Waals surface area contributed by atoms with Crippen LogP contribution in [-0.4, -0.2) is 27.0 Å². The summed E-state index contributed by atoms with van der Waals surface area (Å²) in [6.45, 7) is 13.1. The van der Waals surface area contributed by atoms with Gasteiger partial charge in [0.2, 0.25) is 5.89 Å². The van der Waals surface area contributed by atoms with Gasteiger partial charge >= 0.3 is 0 Å². The molecule has 0 amide bonds. The third kappa shape index (κ3) is 5.95. The van der Waals surface area contributed by atoms with Crippen molar-refractivity contribution in [2.75, 3.05) is 6.54 Å². The van der Waals surface area contributed by atoms with E-state index in [1.165, 1.54) is 5.56 Å². The minimum atomic E-state index is -0.0515. The van der Waals surface area contributed by atoms with Crippen molar-refractivity contribution >= 4 is 5.96 Å². The first-order valence-corrected chi connectivity index (χ1v) is 10.4. The number of aromatic nitrogens is 3. The van der Waals surface area contributed by atoms with E-state index >= 15 is 0 Å². The van der Waals surface area contributed by atoms with Gasteiger partial charge in [-0.2, -0.15) is 0 Å². The predicted molar refractivity (Wildman–Crippen MR) is 119 cm³/mol. The number of benzene rings is 1. The maximum absolute atomic E-state index is 5.85. The molecule has 3 aromatic rings. The fourth-order valence-corrected chi connectivity index (χ4v) is 3.00. The van der Waals surface area contributed by atoms with Crippen molar-refractivity contribution in [1.82, 2.24) is 25.2 Å². The third-order valence-electron chi connectivity index (χ3n) is 4.73. The molecule has 1 aromatic carbocycles. The van der Waals surface area contributed by atoms with Gasteiger partial charge in [-0.05, 0) is 25.0 Å². The molecule has 0 radical (unpaired) electrons. The summed E-state index contributed by atoms with van der Waals surface area (Å²) in [5, 5.41) is 6.58. The van der Waals surface area contributed by atoms with Gasteiger partial charge in [-0.3, -0.25) is 0 Å². The zero-order chi connectivity index (χ0) is 21.6. The third-order valence-corrected chi connectivity index (χ3v) is 4.73. The van der Waals surface area contributed by atoms with Gasteiger partial charge in [-0.15, -0.1) is 0 Å². The van der Waals surface area contributed by atoms with E-state index in [0.29, 0.717) is 19.0 Å². The lowest BCUT2D eigenvalue weighted by Crippen LogP contribution is -2.36. The number of hydrogen-bond acceptors (Lipinski definition) is 4. The van der Waals surface area contributed by atoms with E-state index in [4.69, 9.17) is 9.41 Å². The topological polar surface area (TPSA) is 80.3 Å². The fraction of sp³-hybridized carbons (Fsp3) is 0.435. The van der Waals surface area contributed by atoms with Gasteiger partial charge in [-0.1, -0.05) is 45.0 Å². The monoisotopic (exact) mass is 408 g/mol. The first kappa shape index (κ1) is 21.6. The highest BCUT2D eigenvalue weighted by Crippen LogP contribution is 2.22. The van der Waals surface area contributed by atoms with Gasteiger partial charge in [0, 0.05) is 30.9 Å². The zero-order valence-electron chi connectivity index (χ0n) is 18.6. The Hall–Kier alpha value is -3.09. The van der Waals surface area contributed by atoms with Crippen LogP contribution >= 0.6 is 0 Å². The summed E-state index contributed by atoms with van der Waals surface area (Å²) in [6, 6.07) is 8.50. The van der Waals surface area contributed by atoms with Crippen LogP contribution in [0.1, 0.15) is 56.3 Å². The second kappa shape index (κ2) is 9.61. The van der Waals surface area contributed by atoms with Crippen molar-refractivity contribution in [2.24, 2.45) is 4.99 Å². The predicted octanol–water partition coefficient (Wildman–Crippen LogP) is 3.78. The number of nitrogens with zero attached hydrogens (tertiary/aromatic N) is 4. The molecule has 7 nitrogen and oxygen atoms in total. The molecule has 2 aromatic heterocycles. The minimum Gasteiger partial charge on any atom is -0.443 e. The smallest absolute Gasteiger partial charge is 0.213 e. The van der Waals surface area contributed by atoms with E-state index in [2.05, 4.69) is 70.2 Å². The van der Waals surface area contributed by atoms with Gasteiger partial charge in [0.1, 0.15) is 11.6 Å². The standard InChI is InChI=1S/C23H32N6O/c1-6-24-22(28-15-21-26-14-20(30-21)23(3,4)5)27-13-18-8-7-9-19(12-18)16-29-11-10-25-17(29)2/h7-12,14H,6,13,15-16H2,1-5H3,(H2,24,27,28). The van der Waals surface area contributed by atoms with Crippen LogP contribution in [0.25, 0.3) is 0 Å². The van der Waals surface area contributed by atoms with Crippen molar-refractivity contribution in [1.29, 1.82) is 0 Å². The zero-order valence-corrected chi connectivity index (χ0v) is 18.6. The van der Waals surface area contributed by atoms with Crippen LogP contribution in [0.5, 0.6) is 0 Å². The Morgan fingerprint density at radius 1 is 1.17 bits per heavy atom. The van der Waals surface area contributed by atoms with Gasteiger partial charge in [0.05, 0.1) is 19.3 Å². The van der Waals surface area contributed by atoms with Crippen molar-refractivity contribution in [3.63, 3.8) is 0 Å². The lowest BCUT2D eigenvalue weighted by molar-refractivity contribution is 0.379. The minimum absolute atomic E-state index is 0.0515. The molecule has 0 atom stereocenters. The lowest BCUT2D eigenvalue weighted by atomic mass is 9.94. The van der Waals surface area contributed by atoms with Crippen molar-refractivity contribution in [3.05, 3.63) is 71.5 Å². The second-order valence-electron chi connectivity index (χ2n) is 8.34. The molecule has 0 aliphatic heterocycles. The van der Waals surface area contributed by atoms with Crippen molar-refractivity contribution in [3.8, 4) is 0 Å². The Labute approximate surface area is 178 Å². The molecule has 2 heterocycles. The highest BCUT2D eigenvalue weighted by Gasteiger charge is 2.19. The first-order chi connectivity index (χ1) is 14.3. The molecule has 0 spiro atoms. The molecule has 7 heteroatoms. The summed E-state index contributed by atoms with van der Waals surface area (Å²) < 4.78 is 7.99. The molecule has 0 saturated heterocycles. The van der Waals surface area contributed by atoms with Crippen LogP contribution in [-0.2, 0) is 25.0 Å². The molecule has 0 aliphatic rings. The summed E-state index contributed by atoms with van der Waals surface area (Å²) in [4.78, 5) is 13.4. The van der Waals surface area contributed by atoms with Gasteiger partial charge < -0.3 is 19.6 Å². The Balaban J connectivity index is 1.62. The highest BCUT2D eigenvalue weighted by atomic mass is 16.4. The second-order valence-corrected chi connectivity index (χ2v) is 8.34. The molecule has 30 heavy (non-hydrogen) atoms. The van der Waals surface area contributed by atoms with Crippen LogP contribution in [0.3, 0.4) is 0 Å². The average Bonchev–Trinajstić information content (AvgIpc) is 3.34. The van der Waals surface area contributed by atoms with E-state index in [9.17, 15) is 0 Å². The van der Waals surface area contributed by atoms with Crippen molar-refractivity contribution < 1.29 is 4.42 Å². The SMILES string of the molecule is CCNC(=NCc1cccc(Cn2ccnc2C)c1)NCc1ncc(C(C)(C)C)o1. The Morgan fingerprint density at radius 2 is 1.97 bits per heavy atom. The van der Waals surface area contributed by atoms with Gasteiger partial charge in [-0.25, -0.2) is 15.0 Å². The number of imidazole rings is 1. The first-order valence-electron chi connectivity index (χ1n) is 10.4. The molecule has 0 saturated carbocycles. The number of hydrogen-bond donors (Lipinski definition) is 2. The van der Waals surface area contributed by atoms with Crippen LogP contribution in [0.2, 0.25) is 0 Å². The molecule has 0 aliphatic carbocycles. The van der Waals surface area contributed by atoms with E-state index in [1.54, 1.807) is 6.20 Å². The van der Waals surface area contributed by atoms with Crippen LogP contribution in [0.4, 0.5) is 0 Å². The number of nitrogens with one attached hydrogen (secondary N) is 2. The quantitative estimate of drug-likeness (QED) is 0.459. The molecule has 160 valence electrons. The lowest BCUT2D eigenvalue weighted by Gasteiger charge is -2.13. The molecule has 3 rings (SSSR count). The molecular weight excluding hydrogens is 376 g/mol. The molecule has 2 N–H and O–H groups in total. The normalized spacial score (nSPS) is 12.2. The van der Waals surface area contributed by atoms with Crippen LogP contribution in [0, 0.1) is 6.92 Å². The number of oxazole rings is 1. The van der Waals surface area contributed by atoms with E-state index < -0.39 is 0 Å². The van der Waals surface area contributed by atoms with Crippen LogP contribution < -0.4 is 10.6 Å². The van der Waals surface area contributed by atoms with Gasteiger partial charge in [0.25, 0.3) is 0 Å². The molecule has 0 bridgehead atoms. The molecular formula is C23H32N6O. The highest BCUT2D eigenvalue weighted by molar-refractivity contribution is 5.79. The number of rotatable bonds is 7. The average molecular weight is 409 g/mol. The summed E-state index contributed by atoms with van der Waals surface area (Å²) in [5.41, 5.74) is 2.34. The van der Waals surface area contributed by atoms with E-state index in [1.807, 2.05) is 26.2 Å². The Bertz CT molecular complexity index is 979.